The summed E-state index contributed by atoms with van der Waals surface area (Å²) in [5, 5.41) is 12.9. The number of allylic oxidation sites excluding steroid dienone is 1. The van der Waals surface area contributed by atoms with Gasteiger partial charge in [-0.15, -0.1) is 0 Å². The van der Waals surface area contributed by atoms with Gasteiger partial charge in [-0.3, -0.25) is 14.6 Å². The third kappa shape index (κ3) is 5.84. The molecule has 3 amide bonds. The number of carbonyl (C=O) groups is 3. The molecule has 7 rings (SSSR count). The van der Waals surface area contributed by atoms with E-state index in [1.54, 1.807) is 55.0 Å². The van der Waals surface area contributed by atoms with E-state index in [4.69, 9.17) is 4.74 Å². The first kappa shape index (κ1) is 28.5. The first-order valence-corrected chi connectivity index (χ1v) is 15.2. The number of benzene rings is 1. The minimum Gasteiger partial charge on any atom is -0.452 e. The van der Waals surface area contributed by atoms with Crippen molar-refractivity contribution in [2.45, 2.75) is 25.3 Å². The van der Waals surface area contributed by atoms with Crippen molar-refractivity contribution in [3.8, 4) is 5.75 Å². The number of carbonyl (C=O) groups excluding carboxylic acids is 3. The molecule has 12 nitrogen and oxygen atoms in total. The lowest BCUT2D eigenvalue weighted by molar-refractivity contribution is -0.126. The Labute approximate surface area is 259 Å². The van der Waals surface area contributed by atoms with Gasteiger partial charge in [-0.25, -0.2) is 9.78 Å². The zero-order chi connectivity index (χ0) is 30.9. The smallest absolute Gasteiger partial charge is 0.323 e. The molecule has 3 aliphatic heterocycles. The molecule has 6 heterocycles. The summed E-state index contributed by atoms with van der Waals surface area (Å²) in [6.45, 7) is 3.28. The van der Waals surface area contributed by atoms with Crippen LogP contribution in [0.15, 0.2) is 66.9 Å². The second-order valence-electron chi connectivity index (χ2n) is 11.7. The van der Waals surface area contributed by atoms with Crippen LogP contribution in [0.4, 0.5) is 21.9 Å². The monoisotopic (exact) mass is 606 g/mol. The van der Waals surface area contributed by atoms with Crippen LogP contribution >= 0.6 is 0 Å². The van der Waals surface area contributed by atoms with Gasteiger partial charge in [-0.05, 0) is 68.3 Å². The molecule has 2 saturated heterocycles. The predicted octanol–water partition coefficient (Wildman–Crippen LogP) is 3.92. The molecule has 45 heavy (non-hydrogen) atoms. The van der Waals surface area contributed by atoms with Gasteiger partial charge in [0.05, 0.1) is 17.4 Å². The predicted molar refractivity (Wildman–Crippen MR) is 171 cm³/mol. The number of rotatable bonds is 6. The van der Waals surface area contributed by atoms with Crippen molar-refractivity contribution >= 4 is 51.9 Å². The van der Waals surface area contributed by atoms with Crippen LogP contribution in [-0.2, 0) is 11.8 Å². The van der Waals surface area contributed by atoms with Crippen molar-refractivity contribution in [3.05, 3.63) is 78.1 Å². The summed E-state index contributed by atoms with van der Waals surface area (Å²) in [6, 6.07) is 10.2. The molecule has 230 valence electrons. The number of ketones is 1. The van der Waals surface area contributed by atoms with Gasteiger partial charge in [-0.2, -0.15) is 0 Å². The number of urea groups is 1. The molecular weight excluding hydrogens is 572 g/mol. The van der Waals surface area contributed by atoms with Crippen LogP contribution in [0.5, 0.6) is 5.75 Å². The van der Waals surface area contributed by atoms with E-state index in [1.165, 1.54) is 0 Å². The van der Waals surface area contributed by atoms with Gasteiger partial charge in [0.25, 0.3) is 0 Å². The van der Waals surface area contributed by atoms with Crippen molar-refractivity contribution in [1.82, 2.24) is 25.2 Å². The van der Waals surface area contributed by atoms with E-state index in [0.29, 0.717) is 22.7 Å². The Morgan fingerprint density at radius 2 is 1.91 bits per heavy atom. The Morgan fingerprint density at radius 1 is 1.07 bits per heavy atom. The fraction of sp³-hybridized carbons (Fsp3) is 0.303. The summed E-state index contributed by atoms with van der Waals surface area (Å²) < 4.78 is 7.94. The van der Waals surface area contributed by atoms with Gasteiger partial charge in [-0.1, -0.05) is 0 Å². The highest BCUT2D eigenvalue weighted by Gasteiger charge is 2.31. The standard InChI is InChI=1S/C33H34N8O4/c1-40-19-21(15-28-30(42)25-16-22(4-5-27(25)45-28)38-33(44)39-23-3-2-10-34-17-23)29-26(7-12-36-31(29)40)41-13-8-20(9-14-41)32(43)37-24-6-11-35-18-24/h2-5,7,10,12,15-17,19-20,24,35H,6,8-9,11,13-14,18H2,1H3,(H,37,43)(H2,38,39,44)/b28-15-/t24-/m0/s1. The maximum absolute atomic E-state index is 13.5. The van der Waals surface area contributed by atoms with Gasteiger partial charge in [0.2, 0.25) is 11.7 Å². The maximum atomic E-state index is 13.5. The third-order valence-corrected chi connectivity index (χ3v) is 8.61. The molecule has 0 spiro atoms. The molecule has 0 radical (unpaired) electrons. The highest BCUT2D eigenvalue weighted by molar-refractivity contribution is 6.16. The highest BCUT2D eigenvalue weighted by Crippen LogP contribution is 2.37. The molecule has 3 aromatic heterocycles. The number of anilines is 3. The van der Waals surface area contributed by atoms with Gasteiger partial charge < -0.3 is 35.5 Å². The second-order valence-corrected chi connectivity index (χ2v) is 11.7. The summed E-state index contributed by atoms with van der Waals surface area (Å²) in [5.74, 6) is 0.503. The van der Waals surface area contributed by atoms with Crippen LogP contribution in [0.25, 0.3) is 17.1 Å². The van der Waals surface area contributed by atoms with Gasteiger partial charge in [0.1, 0.15) is 11.4 Å². The number of nitrogens with one attached hydrogen (secondary N) is 4. The summed E-state index contributed by atoms with van der Waals surface area (Å²) in [4.78, 5) is 49.7. The normalized spacial score (nSPS) is 19.0. The third-order valence-electron chi connectivity index (χ3n) is 8.61. The zero-order valence-electron chi connectivity index (χ0n) is 24.9. The molecule has 1 aromatic carbocycles. The van der Waals surface area contributed by atoms with Crippen molar-refractivity contribution < 1.29 is 19.1 Å². The number of aryl methyl sites for hydroxylation is 1. The van der Waals surface area contributed by atoms with Gasteiger partial charge in [0, 0.05) is 79.6 Å². The van der Waals surface area contributed by atoms with Crippen LogP contribution < -0.4 is 30.9 Å². The molecule has 1 atom stereocenters. The minimum atomic E-state index is -0.448. The number of amides is 3. The zero-order valence-corrected chi connectivity index (χ0v) is 24.9. The lowest BCUT2D eigenvalue weighted by Crippen LogP contribution is -2.44. The molecule has 0 bridgehead atoms. The van der Waals surface area contributed by atoms with Crippen LogP contribution in [0.3, 0.4) is 0 Å². The van der Waals surface area contributed by atoms with E-state index < -0.39 is 6.03 Å². The number of pyridine rings is 2. The Morgan fingerprint density at radius 3 is 2.69 bits per heavy atom. The number of hydrogen-bond acceptors (Lipinski definition) is 8. The van der Waals surface area contributed by atoms with E-state index in [9.17, 15) is 14.4 Å². The van der Waals surface area contributed by atoms with Crippen LogP contribution in [0.1, 0.15) is 35.2 Å². The number of aromatic nitrogens is 3. The summed E-state index contributed by atoms with van der Waals surface area (Å²) in [6.07, 6.45) is 11.2. The van der Waals surface area contributed by atoms with Crippen molar-refractivity contribution in [3.63, 3.8) is 0 Å². The summed E-state index contributed by atoms with van der Waals surface area (Å²) in [5.41, 5.74) is 4.00. The van der Waals surface area contributed by atoms with E-state index in [1.807, 2.05) is 23.9 Å². The molecule has 2 fully saturated rings. The summed E-state index contributed by atoms with van der Waals surface area (Å²) >= 11 is 0. The quantitative estimate of drug-likeness (QED) is 0.242. The van der Waals surface area contributed by atoms with Crippen molar-refractivity contribution in [1.29, 1.82) is 0 Å². The molecule has 0 aliphatic carbocycles. The van der Waals surface area contributed by atoms with Crippen LogP contribution in [0.2, 0.25) is 0 Å². The molecule has 0 saturated carbocycles. The number of hydrogen-bond donors (Lipinski definition) is 4. The van der Waals surface area contributed by atoms with E-state index in [0.717, 1.165) is 67.7 Å². The number of fused-ring (bicyclic) bond motifs is 2. The van der Waals surface area contributed by atoms with E-state index in [2.05, 4.69) is 36.1 Å². The first-order valence-electron chi connectivity index (χ1n) is 15.2. The van der Waals surface area contributed by atoms with Crippen molar-refractivity contribution in [2.75, 3.05) is 41.7 Å². The lowest BCUT2D eigenvalue weighted by atomic mass is 9.94. The Bertz CT molecular complexity index is 1800. The number of Topliss-reactive ketones (excluding diaryl/α,β-unsaturated/α-hetero) is 1. The molecule has 12 heteroatoms. The number of piperidine rings is 1. The molecule has 4 aromatic rings. The van der Waals surface area contributed by atoms with E-state index >= 15 is 0 Å². The largest absolute Gasteiger partial charge is 0.452 e. The Hall–Kier alpha value is -5.23. The average Bonchev–Trinajstić information content (AvgIpc) is 3.76. The maximum Gasteiger partial charge on any atom is 0.323 e. The van der Waals surface area contributed by atoms with Gasteiger partial charge in [0.15, 0.2) is 5.76 Å². The summed E-state index contributed by atoms with van der Waals surface area (Å²) in [7, 11) is 1.93. The fourth-order valence-electron chi connectivity index (χ4n) is 6.31. The van der Waals surface area contributed by atoms with Crippen LogP contribution in [0, 0.1) is 5.92 Å². The number of ether oxygens (including phenoxy) is 1. The Balaban J connectivity index is 1.08. The van der Waals surface area contributed by atoms with E-state index in [-0.39, 0.29) is 29.4 Å². The second kappa shape index (κ2) is 12.0. The first-order chi connectivity index (χ1) is 21.9. The van der Waals surface area contributed by atoms with Gasteiger partial charge >= 0.3 is 6.03 Å². The highest BCUT2D eigenvalue weighted by atomic mass is 16.5. The minimum absolute atomic E-state index is 0.000331. The molecule has 4 N–H and O–H groups in total. The topological polar surface area (TPSA) is 143 Å². The average molecular weight is 607 g/mol. The SMILES string of the molecule is Cn1cc(/C=C2\Oc3ccc(NC(=O)Nc4cccnc4)cc3C2=O)c2c(N3CCC(C(=O)N[C@H]4CCNC4)CC3)ccnc21. The molecule has 0 unspecified atom stereocenters. The lowest BCUT2D eigenvalue weighted by Gasteiger charge is -2.34. The van der Waals surface area contributed by atoms with Crippen molar-refractivity contribution in [2.24, 2.45) is 13.0 Å². The Kier molecular flexibility index (Phi) is 7.64. The van der Waals surface area contributed by atoms with Crippen LogP contribution in [-0.4, -0.2) is 64.5 Å². The molecule has 3 aliphatic rings. The molecular formula is C33H34N8O4. The fourth-order valence-corrected chi connectivity index (χ4v) is 6.31. The number of nitrogens with zero attached hydrogens (tertiary/aromatic N) is 4.